The van der Waals surface area contributed by atoms with Gasteiger partial charge in [-0.25, -0.2) is 0 Å². The first-order valence-electron chi connectivity index (χ1n) is 11.6. The minimum absolute atomic E-state index is 0.187. The summed E-state index contributed by atoms with van der Waals surface area (Å²) in [5, 5.41) is 0. The molecular formula is C30H37N. The summed E-state index contributed by atoms with van der Waals surface area (Å²) in [6, 6.07) is 27.0. The Kier molecular flexibility index (Phi) is 7.38. The zero-order valence-corrected chi connectivity index (χ0v) is 19.9. The molecule has 0 aliphatic carbocycles. The Morgan fingerprint density at radius 3 is 2.03 bits per heavy atom. The van der Waals surface area contributed by atoms with E-state index in [-0.39, 0.29) is 5.41 Å². The molecule has 0 amide bonds. The first kappa shape index (κ1) is 22.9. The minimum Gasteiger partial charge on any atom is -0.310 e. The second-order valence-electron chi connectivity index (χ2n) is 9.36. The Hall–Kier alpha value is -2.80. The van der Waals surface area contributed by atoms with E-state index in [9.17, 15) is 0 Å². The summed E-state index contributed by atoms with van der Waals surface area (Å²) in [6.45, 7) is 15.2. The fourth-order valence-corrected chi connectivity index (χ4v) is 3.84. The number of rotatable bonds is 9. The topological polar surface area (TPSA) is 3.24 Å². The maximum Gasteiger partial charge on any atom is 0.0464 e. The van der Waals surface area contributed by atoms with E-state index in [2.05, 4.69) is 119 Å². The number of benzene rings is 3. The summed E-state index contributed by atoms with van der Waals surface area (Å²) in [5.74, 6) is 0.528. The van der Waals surface area contributed by atoms with Crippen molar-refractivity contribution >= 4 is 17.1 Å². The van der Waals surface area contributed by atoms with E-state index in [4.69, 9.17) is 0 Å². The van der Waals surface area contributed by atoms with E-state index in [0.717, 1.165) is 19.3 Å². The third-order valence-corrected chi connectivity index (χ3v) is 6.41. The van der Waals surface area contributed by atoms with Crippen molar-refractivity contribution in [1.29, 1.82) is 0 Å². The van der Waals surface area contributed by atoms with Gasteiger partial charge < -0.3 is 4.90 Å². The van der Waals surface area contributed by atoms with Crippen molar-refractivity contribution in [2.45, 2.75) is 65.2 Å². The third-order valence-electron chi connectivity index (χ3n) is 6.41. The lowest BCUT2D eigenvalue weighted by Gasteiger charge is -2.28. The average molecular weight is 412 g/mol. The summed E-state index contributed by atoms with van der Waals surface area (Å²) < 4.78 is 0. The minimum atomic E-state index is 0.187. The van der Waals surface area contributed by atoms with Crippen LogP contribution in [0.25, 0.3) is 0 Å². The van der Waals surface area contributed by atoms with Crippen LogP contribution in [-0.4, -0.2) is 0 Å². The predicted molar refractivity (Wildman–Crippen MR) is 137 cm³/mol. The Balaban J connectivity index is 2.05. The van der Waals surface area contributed by atoms with Crippen molar-refractivity contribution in [3.8, 4) is 0 Å². The molecule has 0 aromatic heterocycles. The number of hydrogen-bond acceptors (Lipinski definition) is 1. The van der Waals surface area contributed by atoms with Gasteiger partial charge in [0.15, 0.2) is 0 Å². The lowest BCUT2D eigenvalue weighted by atomic mass is 9.82. The van der Waals surface area contributed by atoms with Crippen LogP contribution in [-0.2, 0) is 11.8 Å². The monoisotopic (exact) mass is 411 g/mol. The first-order chi connectivity index (χ1) is 14.9. The van der Waals surface area contributed by atoms with Gasteiger partial charge in [0, 0.05) is 17.1 Å². The molecule has 162 valence electrons. The Bertz CT molecular complexity index is 978. The van der Waals surface area contributed by atoms with Gasteiger partial charge in [0.1, 0.15) is 0 Å². The molecule has 0 aliphatic rings. The van der Waals surface area contributed by atoms with Gasteiger partial charge in [-0.15, -0.1) is 6.58 Å². The van der Waals surface area contributed by atoms with Crippen LogP contribution in [0.1, 0.15) is 70.1 Å². The van der Waals surface area contributed by atoms with Crippen LogP contribution >= 0.6 is 0 Å². The van der Waals surface area contributed by atoms with Gasteiger partial charge >= 0.3 is 0 Å². The number of hydrogen-bond donors (Lipinski definition) is 0. The van der Waals surface area contributed by atoms with Crippen molar-refractivity contribution in [2.75, 3.05) is 4.90 Å². The Morgan fingerprint density at radius 2 is 1.48 bits per heavy atom. The fraction of sp³-hybridized carbons (Fsp3) is 0.333. The molecule has 3 aromatic carbocycles. The van der Waals surface area contributed by atoms with Crippen molar-refractivity contribution < 1.29 is 0 Å². The zero-order valence-electron chi connectivity index (χ0n) is 19.9. The van der Waals surface area contributed by atoms with Crippen LogP contribution < -0.4 is 4.90 Å². The lowest BCUT2D eigenvalue weighted by Crippen LogP contribution is -2.16. The van der Waals surface area contributed by atoms with E-state index >= 15 is 0 Å². The van der Waals surface area contributed by atoms with Gasteiger partial charge in [0.25, 0.3) is 0 Å². The summed E-state index contributed by atoms with van der Waals surface area (Å²) in [5.41, 5.74) is 7.84. The highest BCUT2D eigenvalue weighted by atomic mass is 15.1. The van der Waals surface area contributed by atoms with Crippen molar-refractivity contribution in [2.24, 2.45) is 0 Å². The molecule has 0 N–H and O–H groups in total. The van der Waals surface area contributed by atoms with Crippen molar-refractivity contribution in [3.05, 3.63) is 102 Å². The molecule has 0 unspecified atom stereocenters. The highest BCUT2D eigenvalue weighted by molar-refractivity contribution is 5.77. The lowest BCUT2D eigenvalue weighted by molar-refractivity contribution is 0.506. The standard InChI is InChI=1S/C30H37N/c1-7-9-11-24-12-10-13-29(22-24)31(27-18-14-25(15-19-27)23(3)4)28-20-16-26(17-21-28)30(5,6)8-2/h7,10,12-23H,1,8-9,11H2,2-6H3. The maximum absolute atomic E-state index is 3.88. The molecular weight excluding hydrogens is 374 g/mol. The van der Waals surface area contributed by atoms with E-state index in [0.29, 0.717) is 5.92 Å². The van der Waals surface area contributed by atoms with Gasteiger partial charge in [0.05, 0.1) is 0 Å². The Labute approximate surface area is 189 Å². The van der Waals surface area contributed by atoms with Crippen LogP contribution in [0, 0.1) is 0 Å². The molecule has 0 saturated carbocycles. The second kappa shape index (κ2) is 10.0. The van der Waals surface area contributed by atoms with Crippen molar-refractivity contribution in [3.63, 3.8) is 0 Å². The highest BCUT2D eigenvalue weighted by Crippen LogP contribution is 2.37. The van der Waals surface area contributed by atoms with Gasteiger partial charge in [-0.3, -0.25) is 0 Å². The number of aryl methyl sites for hydroxylation is 1. The molecule has 0 fully saturated rings. The largest absolute Gasteiger partial charge is 0.310 e. The quantitative estimate of drug-likeness (QED) is 0.317. The van der Waals surface area contributed by atoms with Crippen LogP contribution in [0.3, 0.4) is 0 Å². The molecule has 0 heterocycles. The number of nitrogens with zero attached hydrogens (tertiary/aromatic N) is 1. The van der Waals surface area contributed by atoms with E-state index < -0.39 is 0 Å². The molecule has 0 spiro atoms. The molecule has 0 radical (unpaired) electrons. The van der Waals surface area contributed by atoms with E-state index in [1.165, 1.54) is 33.8 Å². The molecule has 3 aromatic rings. The summed E-state index contributed by atoms with van der Waals surface area (Å²) in [6.07, 6.45) is 5.12. The molecule has 3 rings (SSSR count). The number of allylic oxidation sites excluding steroid dienone is 1. The molecule has 0 atom stereocenters. The van der Waals surface area contributed by atoms with Crippen LogP contribution in [0.4, 0.5) is 17.1 Å². The first-order valence-corrected chi connectivity index (χ1v) is 11.6. The third kappa shape index (κ3) is 5.47. The molecule has 0 saturated heterocycles. The van der Waals surface area contributed by atoms with E-state index in [1.807, 2.05) is 6.08 Å². The molecule has 1 nitrogen and oxygen atoms in total. The summed E-state index contributed by atoms with van der Waals surface area (Å²) in [4.78, 5) is 2.37. The Morgan fingerprint density at radius 1 is 0.871 bits per heavy atom. The predicted octanol–water partition coefficient (Wildman–Crippen LogP) is 9.09. The van der Waals surface area contributed by atoms with Crippen LogP contribution in [0.5, 0.6) is 0 Å². The van der Waals surface area contributed by atoms with Gasteiger partial charge in [-0.2, -0.15) is 0 Å². The smallest absolute Gasteiger partial charge is 0.0464 e. The fourth-order valence-electron chi connectivity index (χ4n) is 3.84. The molecule has 1 heteroatoms. The van der Waals surface area contributed by atoms with E-state index in [1.54, 1.807) is 0 Å². The van der Waals surface area contributed by atoms with Gasteiger partial charge in [-0.05, 0) is 83.7 Å². The summed E-state index contributed by atoms with van der Waals surface area (Å²) >= 11 is 0. The summed E-state index contributed by atoms with van der Waals surface area (Å²) in [7, 11) is 0. The second-order valence-corrected chi connectivity index (χ2v) is 9.36. The van der Waals surface area contributed by atoms with Crippen LogP contribution in [0.2, 0.25) is 0 Å². The van der Waals surface area contributed by atoms with Gasteiger partial charge in [-0.1, -0.05) is 77.1 Å². The SMILES string of the molecule is C=CCCc1cccc(N(c2ccc(C(C)C)cc2)c2ccc(C(C)(C)CC)cc2)c1. The van der Waals surface area contributed by atoms with Crippen molar-refractivity contribution in [1.82, 2.24) is 0 Å². The number of anilines is 3. The molecule has 0 aliphatic heterocycles. The average Bonchev–Trinajstić information content (AvgIpc) is 2.79. The normalized spacial score (nSPS) is 11.5. The maximum atomic E-state index is 3.88. The van der Waals surface area contributed by atoms with Crippen LogP contribution in [0.15, 0.2) is 85.5 Å². The molecule has 31 heavy (non-hydrogen) atoms. The highest BCUT2D eigenvalue weighted by Gasteiger charge is 2.19. The van der Waals surface area contributed by atoms with Gasteiger partial charge in [0.2, 0.25) is 0 Å². The molecule has 0 bridgehead atoms. The zero-order chi connectivity index (χ0) is 22.4.